The van der Waals surface area contributed by atoms with Crippen molar-refractivity contribution in [1.82, 2.24) is 0 Å². The van der Waals surface area contributed by atoms with Gasteiger partial charge in [-0.05, 0) is 128 Å². The number of rotatable bonds is 58. The van der Waals surface area contributed by atoms with Crippen LogP contribution >= 0.6 is 7.82 Å². The van der Waals surface area contributed by atoms with E-state index in [4.69, 9.17) is 23.3 Å². The summed E-state index contributed by atoms with van der Waals surface area (Å²) in [6.07, 6.45) is 74.6. The van der Waals surface area contributed by atoms with Crippen molar-refractivity contribution in [3.05, 3.63) is 109 Å². The predicted molar refractivity (Wildman–Crippen MR) is 334 cm³/mol. The highest BCUT2D eigenvalue weighted by molar-refractivity contribution is 7.47. The zero-order valence-corrected chi connectivity index (χ0v) is 51.7. The monoisotopic (exact) mass is 1140 g/mol. The van der Waals surface area contributed by atoms with Crippen LogP contribution in [0.4, 0.5) is 0 Å². The van der Waals surface area contributed by atoms with E-state index in [0.29, 0.717) is 19.3 Å². The van der Waals surface area contributed by atoms with Gasteiger partial charge in [-0.25, -0.2) is 4.57 Å². The van der Waals surface area contributed by atoms with Gasteiger partial charge >= 0.3 is 25.7 Å². The fraction of sp³-hybridized carbons (Fsp3) is 0.691. The van der Waals surface area contributed by atoms with Crippen molar-refractivity contribution in [3.8, 4) is 0 Å². The minimum Gasteiger partial charge on any atom is -0.462 e. The van der Waals surface area contributed by atoms with E-state index in [1.54, 1.807) is 0 Å². The second kappa shape index (κ2) is 61.2. The van der Waals surface area contributed by atoms with E-state index in [2.05, 4.69) is 130 Å². The maximum absolute atomic E-state index is 13.0. The second-order valence-electron chi connectivity index (χ2n) is 20.8. The summed E-state index contributed by atoms with van der Waals surface area (Å²) in [6.45, 7) is 4.44. The Kier molecular flexibility index (Phi) is 58.3. The number of unbranched alkanes of at least 4 members (excludes halogenated alkanes) is 23. The third-order valence-corrected chi connectivity index (χ3v) is 14.1. The number of phosphoric acid groups is 1. The first kappa shape index (κ1) is 76.1. The highest BCUT2D eigenvalue weighted by atomic mass is 31.2. The number of hydrogen-bond donors (Lipinski definition) is 2. The molecule has 458 valence electrons. The summed E-state index contributed by atoms with van der Waals surface area (Å²) in [7, 11) is -4.77. The van der Waals surface area contributed by atoms with Gasteiger partial charge in [0, 0.05) is 19.3 Å². The largest absolute Gasteiger partial charge is 0.472 e. The van der Waals surface area contributed by atoms with Crippen molar-refractivity contribution >= 4 is 25.7 Å². The van der Waals surface area contributed by atoms with Crippen LogP contribution < -0.4 is 0 Å². The van der Waals surface area contributed by atoms with Crippen LogP contribution in [-0.4, -0.2) is 66.5 Å². The molecule has 11 nitrogen and oxygen atoms in total. The van der Waals surface area contributed by atoms with Crippen LogP contribution in [0.2, 0.25) is 0 Å². The van der Waals surface area contributed by atoms with Crippen LogP contribution in [0.3, 0.4) is 0 Å². The van der Waals surface area contributed by atoms with Crippen molar-refractivity contribution in [3.63, 3.8) is 0 Å². The third-order valence-electron chi connectivity index (χ3n) is 13.1. The number of ether oxygens (including phenoxy) is 3. The van der Waals surface area contributed by atoms with E-state index < -0.39 is 57.8 Å². The lowest BCUT2D eigenvalue weighted by Gasteiger charge is -2.21. The van der Waals surface area contributed by atoms with Gasteiger partial charge in [-0.1, -0.05) is 226 Å². The minimum atomic E-state index is -4.77. The number of carbonyl (C=O) groups excluding carboxylic acids is 3. The van der Waals surface area contributed by atoms with Gasteiger partial charge in [-0.15, -0.1) is 0 Å². The zero-order valence-electron chi connectivity index (χ0n) is 50.8. The Hall–Kier alpha value is -3.86. The predicted octanol–water partition coefficient (Wildman–Crippen LogP) is 19.4. The smallest absolute Gasteiger partial charge is 0.462 e. The van der Waals surface area contributed by atoms with Gasteiger partial charge in [0.05, 0.1) is 19.8 Å². The summed E-state index contributed by atoms with van der Waals surface area (Å²) in [4.78, 5) is 48.7. The molecule has 0 radical (unpaired) electrons. The lowest BCUT2D eigenvalue weighted by atomic mass is 10.1. The quantitative estimate of drug-likeness (QED) is 0.0197. The topological polar surface area (TPSA) is 155 Å². The molecule has 3 atom stereocenters. The summed E-state index contributed by atoms with van der Waals surface area (Å²) in [5, 5.41) is 9.86. The first-order valence-electron chi connectivity index (χ1n) is 31.8. The summed E-state index contributed by atoms with van der Waals surface area (Å²) in [5.41, 5.74) is 0. The molecule has 0 heterocycles. The first-order valence-corrected chi connectivity index (χ1v) is 33.3. The molecule has 80 heavy (non-hydrogen) atoms. The molecule has 0 aromatic rings. The van der Waals surface area contributed by atoms with Crippen LogP contribution in [0.5, 0.6) is 0 Å². The van der Waals surface area contributed by atoms with Crippen LogP contribution in [0, 0.1) is 0 Å². The average molecular weight is 1140 g/mol. The van der Waals surface area contributed by atoms with Crippen LogP contribution in [0.15, 0.2) is 109 Å². The van der Waals surface area contributed by atoms with Crippen molar-refractivity contribution in [2.75, 3.05) is 26.4 Å². The Balaban J connectivity index is 4.75. The van der Waals surface area contributed by atoms with Gasteiger partial charge in [0.2, 0.25) is 0 Å². The van der Waals surface area contributed by atoms with Crippen molar-refractivity contribution < 1.29 is 52.2 Å². The average Bonchev–Trinajstić information content (AvgIpc) is 3.45. The number of aliphatic hydroxyl groups excluding tert-OH is 1. The zero-order chi connectivity index (χ0) is 58.3. The summed E-state index contributed by atoms with van der Waals surface area (Å²) in [5.74, 6) is -1.51. The molecule has 0 amide bonds. The fourth-order valence-corrected chi connectivity index (χ4v) is 9.11. The fourth-order valence-electron chi connectivity index (χ4n) is 8.33. The number of phosphoric ester groups is 1. The van der Waals surface area contributed by atoms with Gasteiger partial charge < -0.3 is 24.2 Å². The van der Waals surface area contributed by atoms with Crippen LogP contribution in [-0.2, 0) is 42.2 Å². The maximum atomic E-state index is 13.0. The Morgan fingerprint density at radius 1 is 0.362 bits per heavy atom. The SMILES string of the molecule is CC/C=C\C/C=C\C/C=C\CCCCCCCC(=O)OCC(COP(=O)(O)OCC(CO)OC(=O)CCCCCCCC/C=C\C/C=C\C/C=C\CCCCC)OC(=O)CCCCCCCC/C=C\C/C=C\C/C=C\CCCCC. The molecule has 0 aromatic carbocycles. The van der Waals surface area contributed by atoms with Crippen molar-refractivity contribution in [1.29, 1.82) is 0 Å². The molecule has 0 saturated heterocycles. The van der Waals surface area contributed by atoms with Gasteiger partial charge in [-0.2, -0.15) is 0 Å². The number of aliphatic hydroxyl groups is 1. The summed E-state index contributed by atoms with van der Waals surface area (Å²) in [6, 6.07) is 0. The minimum absolute atomic E-state index is 0.143. The number of esters is 3. The highest BCUT2D eigenvalue weighted by Gasteiger charge is 2.28. The summed E-state index contributed by atoms with van der Waals surface area (Å²) < 4.78 is 39.6. The number of allylic oxidation sites excluding steroid dienone is 18. The van der Waals surface area contributed by atoms with Gasteiger partial charge in [0.25, 0.3) is 0 Å². The Morgan fingerprint density at radius 3 is 1.00 bits per heavy atom. The molecule has 2 N–H and O–H groups in total. The number of hydrogen-bond acceptors (Lipinski definition) is 10. The van der Waals surface area contributed by atoms with E-state index >= 15 is 0 Å². The molecule has 0 bridgehead atoms. The Morgan fingerprint density at radius 2 is 0.650 bits per heavy atom. The molecule has 0 aliphatic rings. The lowest BCUT2D eigenvalue weighted by molar-refractivity contribution is -0.161. The molecule has 0 spiro atoms. The van der Waals surface area contributed by atoms with E-state index in [1.165, 1.54) is 51.4 Å². The van der Waals surface area contributed by atoms with Gasteiger partial charge in [-0.3, -0.25) is 23.4 Å². The van der Waals surface area contributed by atoms with E-state index in [1.807, 2.05) is 0 Å². The van der Waals surface area contributed by atoms with Gasteiger partial charge in [0.1, 0.15) is 12.7 Å². The molecule has 0 aliphatic carbocycles. The van der Waals surface area contributed by atoms with Crippen LogP contribution in [0.1, 0.15) is 265 Å². The van der Waals surface area contributed by atoms with E-state index in [0.717, 1.165) is 154 Å². The Bertz CT molecular complexity index is 1760. The molecule has 0 saturated carbocycles. The second-order valence-corrected chi connectivity index (χ2v) is 22.3. The lowest BCUT2D eigenvalue weighted by Crippen LogP contribution is -2.30. The molecule has 0 aromatic heterocycles. The van der Waals surface area contributed by atoms with Crippen LogP contribution in [0.25, 0.3) is 0 Å². The molecular weight excluding hydrogens is 1020 g/mol. The molecule has 12 heteroatoms. The highest BCUT2D eigenvalue weighted by Crippen LogP contribution is 2.43. The summed E-state index contributed by atoms with van der Waals surface area (Å²) >= 11 is 0. The molecule has 0 aliphatic heterocycles. The molecule has 0 fully saturated rings. The maximum Gasteiger partial charge on any atom is 0.472 e. The molecule has 0 rings (SSSR count). The van der Waals surface area contributed by atoms with E-state index in [9.17, 15) is 28.9 Å². The molecular formula is C68H115O11P. The van der Waals surface area contributed by atoms with Crippen molar-refractivity contribution in [2.45, 2.75) is 277 Å². The normalized spacial score (nSPS) is 14.0. The Labute approximate surface area is 488 Å². The standard InChI is InChI=1S/C68H115O11P/c1-4-7-10-13-16-19-22-25-28-30-32-34-37-40-43-46-49-52-55-58-67(71)78-64(60-69)62-76-80(73,74)77-63-65(61-75-66(70)57-54-51-48-45-42-39-36-27-24-21-18-15-12-9-6-3)79-68(72)59-56-53-50-47-44-41-38-35-33-31-29-26-23-20-17-14-11-8-5-2/h9,12,16-21,25-29,32-36,64-65,69H,4-8,10-11,13-15,22-24,30-31,37-63H2,1-3H3,(H,73,74)/b12-9-,19-16-,20-17-,21-18-,28-25-,29-26-,34-32-,35-33-,36-27-. The third kappa shape index (κ3) is 58.8. The van der Waals surface area contributed by atoms with Gasteiger partial charge in [0.15, 0.2) is 6.10 Å². The first-order chi connectivity index (χ1) is 39.2. The molecule has 3 unspecified atom stereocenters. The van der Waals surface area contributed by atoms with Crippen molar-refractivity contribution in [2.24, 2.45) is 0 Å². The van der Waals surface area contributed by atoms with E-state index in [-0.39, 0.29) is 25.9 Å². The number of carbonyl (C=O) groups is 3.